The van der Waals surface area contributed by atoms with Crippen molar-refractivity contribution >= 4 is 12.4 Å². The van der Waals surface area contributed by atoms with Gasteiger partial charge in [-0.05, 0) is 49.9 Å². The highest BCUT2D eigenvalue weighted by molar-refractivity contribution is 5.85. The summed E-state index contributed by atoms with van der Waals surface area (Å²) in [4.78, 5) is 4.47. The fourth-order valence-corrected chi connectivity index (χ4v) is 3.03. The predicted octanol–water partition coefficient (Wildman–Crippen LogP) is 2.22. The van der Waals surface area contributed by atoms with Crippen molar-refractivity contribution in [3.05, 3.63) is 30.1 Å². The first-order chi connectivity index (χ1) is 6.93. The quantitative estimate of drug-likeness (QED) is 0.792. The molecule has 2 heterocycles. The Labute approximate surface area is 96.9 Å². The molecule has 1 aliphatic carbocycles. The van der Waals surface area contributed by atoms with Crippen LogP contribution in [0, 0.1) is 11.8 Å². The van der Waals surface area contributed by atoms with E-state index in [9.17, 15) is 0 Å². The fourth-order valence-electron chi connectivity index (χ4n) is 3.03. The number of aromatic nitrogens is 1. The molecular weight excluding hydrogens is 208 g/mol. The third-order valence-electron chi connectivity index (χ3n) is 3.76. The van der Waals surface area contributed by atoms with Crippen LogP contribution in [0.4, 0.5) is 0 Å². The zero-order valence-corrected chi connectivity index (χ0v) is 9.54. The van der Waals surface area contributed by atoms with Crippen molar-refractivity contribution in [3.8, 4) is 0 Å². The van der Waals surface area contributed by atoms with Crippen LogP contribution in [-0.4, -0.2) is 18.1 Å². The molecule has 0 radical (unpaired) electrons. The van der Waals surface area contributed by atoms with Crippen LogP contribution < -0.4 is 5.32 Å². The van der Waals surface area contributed by atoms with Gasteiger partial charge in [0, 0.05) is 17.8 Å². The molecule has 0 spiro atoms. The van der Waals surface area contributed by atoms with Gasteiger partial charge in [-0.1, -0.05) is 6.07 Å². The van der Waals surface area contributed by atoms with E-state index in [-0.39, 0.29) is 12.4 Å². The third kappa shape index (κ3) is 2.01. The highest BCUT2D eigenvalue weighted by Gasteiger charge is 2.38. The zero-order chi connectivity index (χ0) is 9.38. The highest BCUT2D eigenvalue weighted by Crippen LogP contribution is 2.43. The number of nitrogens with zero attached hydrogens (tertiary/aromatic N) is 1. The first kappa shape index (κ1) is 10.9. The summed E-state index contributed by atoms with van der Waals surface area (Å²) in [6.45, 7) is 2.46. The van der Waals surface area contributed by atoms with E-state index < -0.39 is 0 Å². The fraction of sp³-hybridized carbons (Fsp3) is 0.583. The molecule has 0 bridgehead atoms. The molecule has 2 nitrogen and oxygen atoms in total. The van der Waals surface area contributed by atoms with Gasteiger partial charge in [-0.2, -0.15) is 0 Å². The molecule has 1 aliphatic heterocycles. The van der Waals surface area contributed by atoms with Crippen molar-refractivity contribution in [2.75, 3.05) is 13.1 Å². The molecule has 0 aromatic carbocycles. The van der Waals surface area contributed by atoms with Crippen LogP contribution in [0.25, 0.3) is 0 Å². The molecule has 0 amide bonds. The van der Waals surface area contributed by atoms with Crippen molar-refractivity contribution in [2.45, 2.75) is 18.8 Å². The van der Waals surface area contributed by atoms with Crippen molar-refractivity contribution in [1.29, 1.82) is 0 Å². The average Bonchev–Trinajstić information content (AvgIpc) is 2.78. The van der Waals surface area contributed by atoms with Gasteiger partial charge in [-0.3, -0.25) is 4.98 Å². The minimum Gasteiger partial charge on any atom is -0.316 e. The molecule has 3 heteroatoms. The van der Waals surface area contributed by atoms with Gasteiger partial charge >= 0.3 is 0 Å². The number of fused-ring (bicyclic) bond motifs is 1. The maximum absolute atomic E-state index is 4.47. The molecule has 2 fully saturated rings. The zero-order valence-electron chi connectivity index (χ0n) is 8.73. The van der Waals surface area contributed by atoms with Gasteiger partial charge in [0.1, 0.15) is 0 Å². The predicted molar refractivity (Wildman–Crippen MR) is 63.3 cm³/mol. The lowest BCUT2D eigenvalue weighted by atomic mass is 10.0. The number of pyridine rings is 1. The van der Waals surface area contributed by atoms with Gasteiger partial charge in [0.15, 0.2) is 0 Å². The second kappa shape index (κ2) is 4.50. The van der Waals surface area contributed by atoms with Crippen LogP contribution in [0.1, 0.15) is 24.5 Å². The molecule has 82 valence electrons. The summed E-state index contributed by atoms with van der Waals surface area (Å²) in [5.74, 6) is 2.57. The minimum absolute atomic E-state index is 0. The van der Waals surface area contributed by atoms with E-state index in [1.165, 1.54) is 31.6 Å². The monoisotopic (exact) mass is 224 g/mol. The van der Waals surface area contributed by atoms with Crippen molar-refractivity contribution in [2.24, 2.45) is 11.8 Å². The van der Waals surface area contributed by atoms with E-state index in [1.54, 1.807) is 0 Å². The Morgan fingerprint density at radius 1 is 1.13 bits per heavy atom. The number of hydrogen-bond acceptors (Lipinski definition) is 2. The smallest absolute Gasteiger partial charge is 0.0434 e. The van der Waals surface area contributed by atoms with Gasteiger partial charge in [0.05, 0.1) is 0 Å². The van der Waals surface area contributed by atoms with Crippen LogP contribution in [0.15, 0.2) is 24.4 Å². The molecule has 1 aromatic rings. The van der Waals surface area contributed by atoms with Crippen LogP contribution in [0.5, 0.6) is 0 Å². The van der Waals surface area contributed by atoms with Gasteiger partial charge < -0.3 is 5.32 Å². The first-order valence-corrected chi connectivity index (χ1v) is 5.55. The van der Waals surface area contributed by atoms with Crippen molar-refractivity contribution in [3.63, 3.8) is 0 Å². The maximum atomic E-state index is 4.47. The van der Waals surface area contributed by atoms with Crippen LogP contribution in [-0.2, 0) is 0 Å². The Kier molecular flexibility index (Phi) is 3.27. The third-order valence-corrected chi connectivity index (χ3v) is 3.76. The van der Waals surface area contributed by atoms with Crippen LogP contribution >= 0.6 is 12.4 Å². The lowest BCUT2D eigenvalue weighted by Gasteiger charge is -2.09. The molecule has 1 saturated carbocycles. The Bertz CT molecular complexity index is 303. The molecule has 15 heavy (non-hydrogen) atoms. The Morgan fingerprint density at radius 2 is 1.87 bits per heavy atom. The minimum atomic E-state index is 0. The van der Waals surface area contributed by atoms with Gasteiger partial charge in [0.25, 0.3) is 0 Å². The largest absolute Gasteiger partial charge is 0.316 e. The molecular formula is C12H17ClN2. The van der Waals surface area contributed by atoms with Crippen molar-refractivity contribution < 1.29 is 0 Å². The van der Waals surface area contributed by atoms with Gasteiger partial charge in [-0.15, -0.1) is 12.4 Å². The molecule has 3 rings (SSSR count). The normalized spacial score (nSPS) is 29.9. The second-order valence-corrected chi connectivity index (χ2v) is 4.60. The number of rotatable bonds is 1. The molecule has 1 N–H and O–H groups in total. The SMILES string of the molecule is Cl.c1ccc(C2C[C@H]3CNC[C@@H]3C2)nc1. The number of nitrogens with one attached hydrogen (secondary N) is 1. The second-order valence-electron chi connectivity index (χ2n) is 4.60. The first-order valence-electron chi connectivity index (χ1n) is 5.55. The summed E-state index contributed by atoms with van der Waals surface area (Å²) in [7, 11) is 0. The summed E-state index contributed by atoms with van der Waals surface area (Å²) in [6, 6.07) is 6.29. The van der Waals surface area contributed by atoms with E-state index in [0.29, 0.717) is 0 Å². The average molecular weight is 225 g/mol. The van der Waals surface area contributed by atoms with E-state index in [1.807, 2.05) is 12.3 Å². The molecule has 2 atom stereocenters. The number of halogens is 1. The summed E-state index contributed by atoms with van der Waals surface area (Å²) in [5, 5.41) is 3.48. The Balaban J connectivity index is 0.000000853. The van der Waals surface area contributed by atoms with Crippen LogP contribution in [0.2, 0.25) is 0 Å². The van der Waals surface area contributed by atoms with E-state index >= 15 is 0 Å². The Hall–Kier alpha value is -0.600. The van der Waals surface area contributed by atoms with E-state index in [2.05, 4.69) is 22.4 Å². The summed E-state index contributed by atoms with van der Waals surface area (Å²) < 4.78 is 0. The topological polar surface area (TPSA) is 24.9 Å². The summed E-state index contributed by atoms with van der Waals surface area (Å²) in [6.07, 6.45) is 4.60. The number of hydrogen-bond donors (Lipinski definition) is 1. The molecule has 1 saturated heterocycles. The van der Waals surface area contributed by atoms with Gasteiger partial charge in [0.2, 0.25) is 0 Å². The molecule has 1 aromatic heterocycles. The van der Waals surface area contributed by atoms with E-state index in [4.69, 9.17) is 0 Å². The molecule has 0 unspecified atom stereocenters. The lowest BCUT2D eigenvalue weighted by Crippen LogP contribution is -2.11. The molecule has 2 aliphatic rings. The summed E-state index contributed by atoms with van der Waals surface area (Å²) in [5.41, 5.74) is 1.31. The highest BCUT2D eigenvalue weighted by atomic mass is 35.5. The lowest BCUT2D eigenvalue weighted by molar-refractivity contribution is 0.494. The standard InChI is InChI=1S/C12H16N2.ClH/c1-2-4-14-12(3-1)9-5-10-7-13-8-11(10)6-9;/h1-4,9-11,13H,5-8H2;1H/t10-,11-;/m0./s1. The van der Waals surface area contributed by atoms with Gasteiger partial charge in [-0.25, -0.2) is 0 Å². The van der Waals surface area contributed by atoms with Crippen molar-refractivity contribution in [1.82, 2.24) is 10.3 Å². The maximum Gasteiger partial charge on any atom is 0.0434 e. The van der Waals surface area contributed by atoms with Crippen LogP contribution in [0.3, 0.4) is 0 Å². The van der Waals surface area contributed by atoms with E-state index in [0.717, 1.165) is 17.8 Å². The Morgan fingerprint density at radius 3 is 2.47 bits per heavy atom. The summed E-state index contributed by atoms with van der Waals surface area (Å²) >= 11 is 0.